The van der Waals surface area contributed by atoms with Crippen molar-refractivity contribution in [3.8, 4) is 0 Å². The average Bonchev–Trinajstić information content (AvgIpc) is 2.95. The van der Waals surface area contributed by atoms with Crippen molar-refractivity contribution in [2.45, 2.75) is 26.4 Å². The van der Waals surface area contributed by atoms with Crippen LogP contribution in [0.5, 0.6) is 0 Å². The van der Waals surface area contributed by atoms with Gasteiger partial charge in [0.05, 0.1) is 6.61 Å². The summed E-state index contributed by atoms with van der Waals surface area (Å²) in [5.41, 5.74) is 6.86. The van der Waals surface area contributed by atoms with Gasteiger partial charge >= 0.3 is 5.97 Å². The summed E-state index contributed by atoms with van der Waals surface area (Å²) in [4.78, 5) is 24.7. The SMILES string of the molecule is CCOC(=O)c1c(N)sc(C(=O)NC)c1C[NH2+][C@@H](C)c1ccc(F)cc1F. The number of hydrogen-bond acceptors (Lipinski definition) is 5. The van der Waals surface area contributed by atoms with E-state index in [2.05, 4.69) is 5.32 Å². The molecule has 9 heteroatoms. The molecule has 0 aliphatic carbocycles. The summed E-state index contributed by atoms with van der Waals surface area (Å²) in [6, 6.07) is 3.01. The molecule has 1 amide bonds. The molecule has 1 aromatic heterocycles. The van der Waals surface area contributed by atoms with Gasteiger partial charge in [-0.05, 0) is 26.0 Å². The monoisotopic (exact) mass is 398 g/mol. The van der Waals surface area contributed by atoms with Crippen molar-refractivity contribution < 1.29 is 28.4 Å². The second kappa shape index (κ2) is 8.92. The van der Waals surface area contributed by atoms with Crippen LogP contribution >= 0.6 is 11.3 Å². The Morgan fingerprint density at radius 1 is 1.37 bits per heavy atom. The number of carbonyl (C=O) groups excluding carboxylic acids is 2. The van der Waals surface area contributed by atoms with Crippen molar-refractivity contribution in [2.24, 2.45) is 0 Å². The van der Waals surface area contributed by atoms with Crippen LogP contribution in [0.2, 0.25) is 0 Å². The highest BCUT2D eigenvalue weighted by atomic mass is 32.1. The molecular formula is C18H22F2N3O3S+. The van der Waals surface area contributed by atoms with Gasteiger partial charge in [0.15, 0.2) is 0 Å². The normalized spacial score (nSPS) is 11.9. The minimum absolute atomic E-state index is 0.156. The average molecular weight is 398 g/mol. The molecule has 0 spiro atoms. The predicted octanol–water partition coefficient (Wildman–Crippen LogP) is 1.97. The Bertz CT molecular complexity index is 855. The van der Waals surface area contributed by atoms with E-state index in [1.165, 1.54) is 19.2 Å². The highest BCUT2D eigenvalue weighted by molar-refractivity contribution is 7.18. The molecule has 0 bridgehead atoms. The van der Waals surface area contributed by atoms with Gasteiger partial charge in [-0.15, -0.1) is 11.3 Å². The van der Waals surface area contributed by atoms with Crippen LogP contribution in [0.25, 0.3) is 0 Å². The molecule has 0 fully saturated rings. The fourth-order valence-electron chi connectivity index (χ4n) is 2.70. The third-order valence-electron chi connectivity index (χ3n) is 4.08. The van der Waals surface area contributed by atoms with Crippen molar-refractivity contribution in [2.75, 3.05) is 19.4 Å². The highest BCUT2D eigenvalue weighted by Crippen LogP contribution is 2.31. The molecule has 0 unspecified atom stereocenters. The first-order valence-corrected chi connectivity index (χ1v) is 9.20. The number of amides is 1. The fourth-order valence-corrected chi connectivity index (χ4v) is 3.73. The summed E-state index contributed by atoms with van der Waals surface area (Å²) in [6.45, 7) is 3.79. The van der Waals surface area contributed by atoms with Crippen LogP contribution in [0.4, 0.5) is 13.8 Å². The number of halogens is 2. The third kappa shape index (κ3) is 4.61. The molecule has 1 heterocycles. The summed E-state index contributed by atoms with van der Waals surface area (Å²) in [6.07, 6.45) is 0. The van der Waals surface area contributed by atoms with Crippen molar-refractivity contribution in [1.29, 1.82) is 0 Å². The Morgan fingerprint density at radius 2 is 2.07 bits per heavy atom. The molecule has 6 nitrogen and oxygen atoms in total. The summed E-state index contributed by atoms with van der Waals surface area (Å²) in [5.74, 6) is -2.28. The van der Waals surface area contributed by atoms with Crippen LogP contribution in [0, 0.1) is 11.6 Å². The van der Waals surface area contributed by atoms with E-state index in [0.29, 0.717) is 16.0 Å². The summed E-state index contributed by atoms with van der Waals surface area (Å²) >= 11 is 1.00. The van der Waals surface area contributed by atoms with E-state index in [9.17, 15) is 18.4 Å². The lowest BCUT2D eigenvalue weighted by molar-refractivity contribution is -0.708. The molecular weight excluding hydrogens is 376 g/mol. The first-order chi connectivity index (χ1) is 12.8. The summed E-state index contributed by atoms with van der Waals surface area (Å²) in [7, 11) is 1.48. The first kappa shape index (κ1) is 20.8. The van der Waals surface area contributed by atoms with Crippen LogP contribution in [0.1, 0.15) is 51.0 Å². The zero-order valence-corrected chi connectivity index (χ0v) is 16.1. The van der Waals surface area contributed by atoms with E-state index in [0.717, 1.165) is 17.4 Å². The smallest absolute Gasteiger partial charge is 0.341 e. The molecule has 1 atom stereocenters. The topological polar surface area (TPSA) is 98.0 Å². The molecule has 0 aliphatic rings. The number of nitrogens with two attached hydrogens (primary N) is 2. The predicted molar refractivity (Wildman–Crippen MR) is 98.5 cm³/mol. The van der Waals surface area contributed by atoms with Gasteiger partial charge in [-0.2, -0.15) is 0 Å². The Hall–Kier alpha value is -2.52. The fraction of sp³-hybridized carbons (Fsp3) is 0.333. The molecule has 27 heavy (non-hydrogen) atoms. The lowest BCUT2D eigenvalue weighted by Crippen LogP contribution is -2.83. The minimum atomic E-state index is -0.652. The van der Waals surface area contributed by atoms with Crippen LogP contribution in [-0.2, 0) is 11.3 Å². The Kier molecular flexibility index (Phi) is 6.86. The third-order valence-corrected chi connectivity index (χ3v) is 5.14. The first-order valence-electron chi connectivity index (χ1n) is 8.38. The lowest BCUT2D eigenvalue weighted by Gasteiger charge is -2.13. The number of ether oxygens (including phenoxy) is 1. The Labute approximate surface area is 159 Å². The number of esters is 1. The lowest BCUT2D eigenvalue weighted by atomic mass is 10.1. The molecule has 2 aromatic rings. The number of rotatable bonds is 7. The van der Waals surface area contributed by atoms with Crippen molar-refractivity contribution >= 4 is 28.2 Å². The molecule has 146 valence electrons. The van der Waals surface area contributed by atoms with Crippen LogP contribution < -0.4 is 16.4 Å². The zero-order valence-electron chi connectivity index (χ0n) is 15.3. The van der Waals surface area contributed by atoms with Crippen molar-refractivity contribution in [3.63, 3.8) is 0 Å². The van der Waals surface area contributed by atoms with Crippen LogP contribution in [-0.4, -0.2) is 25.5 Å². The summed E-state index contributed by atoms with van der Waals surface area (Å²) < 4.78 is 32.1. The number of nitrogen functional groups attached to an aromatic ring is 1. The van der Waals surface area contributed by atoms with Crippen LogP contribution in [0.15, 0.2) is 18.2 Å². The van der Waals surface area contributed by atoms with E-state index in [1.807, 2.05) is 0 Å². The number of benzene rings is 1. The van der Waals surface area contributed by atoms with Gasteiger partial charge in [-0.25, -0.2) is 13.6 Å². The maximum atomic E-state index is 14.0. The van der Waals surface area contributed by atoms with Gasteiger partial charge < -0.3 is 21.1 Å². The maximum absolute atomic E-state index is 14.0. The number of anilines is 1. The van der Waals surface area contributed by atoms with Crippen molar-refractivity contribution in [1.82, 2.24) is 5.32 Å². The van der Waals surface area contributed by atoms with E-state index >= 15 is 0 Å². The van der Waals surface area contributed by atoms with Gasteiger partial charge in [0, 0.05) is 24.2 Å². The molecule has 1 aromatic carbocycles. The molecule has 5 N–H and O–H groups in total. The van der Waals surface area contributed by atoms with Gasteiger partial charge in [-0.1, -0.05) is 0 Å². The van der Waals surface area contributed by atoms with Crippen molar-refractivity contribution in [3.05, 3.63) is 51.4 Å². The van der Waals surface area contributed by atoms with E-state index in [4.69, 9.17) is 10.5 Å². The standard InChI is InChI=1S/C18H21F2N3O3S/c1-4-26-18(25)14-12(15(17(24)22-3)27-16(14)21)8-23-9(2)11-6-5-10(19)7-13(11)20/h5-7,9,23H,4,8,21H2,1-3H3,(H,22,24)/p+1/t9-/m0/s1. The second-order valence-electron chi connectivity index (χ2n) is 5.84. The number of carbonyl (C=O) groups is 2. The number of thiophene rings is 1. The number of nitrogens with one attached hydrogen (secondary N) is 1. The minimum Gasteiger partial charge on any atom is -0.462 e. The highest BCUT2D eigenvalue weighted by Gasteiger charge is 2.28. The second-order valence-corrected chi connectivity index (χ2v) is 6.90. The molecule has 0 saturated carbocycles. The van der Waals surface area contributed by atoms with Gasteiger partial charge in [0.1, 0.15) is 39.7 Å². The molecule has 2 rings (SSSR count). The molecule has 0 aliphatic heterocycles. The zero-order chi connectivity index (χ0) is 20.1. The van der Waals surface area contributed by atoms with Crippen LogP contribution in [0.3, 0.4) is 0 Å². The molecule has 0 saturated heterocycles. The van der Waals surface area contributed by atoms with Gasteiger partial charge in [0.2, 0.25) is 0 Å². The maximum Gasteiger partial charge on any atom is 0.341 e. The van der Waals surface area contributed by atoms with E-state index < -0.39 is 17.6 Å². The van der Waals surface area contributed by atoms with E-state index in [1.54, 1.807) is 19.2 Å². The summed E-state index contributed by atoms with van der Waals surface area (Å²) in [5, 5.41) is 4.45. The quantitative estimate of drug-likeness (QED) is 0.621. The Balaban J connectivity index is 2.32. The van der Waals surface area contributed by atoms with Gasteiger partial charge in [0.25, 0.3) is 5.91 Å². The molecule has 0 radical (unpaired) electrons. The Morgan fingerprint density at radius 3 is 2.67 bits per heavy atom. The number of hydrogen-bond donors (Lipinski definition) is 3. The largest absolute Gasteiger partial charge is 0.462 e. The number of quaternary nitrogens is 1. The van der Waals surface area contributed by atoms with Gasteiger partial charge in [-0.3, -0.25) is 4.79 Å². The van der Waals surface area contributed by atoms with E-state index in [-0.39, 0.29) is 35.7 Å².